The summed E-state index contributed by atoms with van der Waals surface area (Å²) in [5, 5.41) is 0. The monoisotopic (exact) mass is 254 g/mol. The van der Waals surface area contributed by atoms with Gasteiger partial charge in [-0.3, -0.25) is 0 Å². The van der Waals surface area contributed by atoms with Crippen molar-refractivity contribution in [1.29, 1.82) is 0 Å². The number of hydrogen-bond acceptors (Lipinski definition) is 4. The number of rotatable bonds is 9. The fraction of sp³-hybridized carbons (Fsp3) is 1.00. The zero-order valence-electron chi connectivity index (χ0n) is 10.2. The van der Waals surface area contributed by atoms with E-state index in [0.29, 0.717) is 25.7 Å². The summed E-state index contributed by atoms with van der Waals surface area (Å²) in [6.07, 6.45) is 2.20. The molecule has 0 rings (SSSR count). The fourth-order valence-electron chi connectivity index (χ4n) is 1.15. The minimum atomic E-state index is -2.47. The molecule has 0 saturated heterocycles. The Morgan fingerprint density at radius 3 is 1.73 bits per heavy atom. The Labute approximate surface area is 98.7 Å². The zero-order chi connectivity index (χ0) is 11.7. The van der Waals surface area contributed by atoms with Gasteiger partial charge in [-0.1, -0.05) is 26.7 Å². The lowest BCUT2D eigenvalue weighted by molar-refractivity contribution is 0.145. The van der Waals surface area contributed by atoms with Crippen LogP contribution in [-0.2, 0) is 25.4 Å². The topological polar surface area (TPSA) is 27.7 Å². The van der Waals surface area contributed by atoms with Gasteiger partial charge >= 0.3 is 6.72 Å². The first-order valence-electron chi connectivity index (χ1n) is 5.65. The summed E-state index contributed by atoms with van der Waals surface area (Å²) in [5.74, 6) is 0.549. The highest BCUT2D eigenvalue weighted by Crippen LogP contribution is 2.50. The van der Waals surface area contributed by atoms with E-state index in [4.69, 9.17) is 25.4 Å². The second kappa shape index (κ2) is 8.66. The van der Waals surface area contributed by atoms with Gasteiger partial charge in [0, 0.05) is 0 Å². The van der Waals surface area contributed by atoms with Gasteiger partial charge < -0.3 is 13.6 Å². The molecule has 0 atom stereocenters. The predicted molar refractivity (Wildman–Crippen MR) is 67.6 cm³/mol. The van der Waals surface area contributed by atoms with Crippen LogP contribution in [-0.4, -0.2) is 19.8 Å². The van der Waals surface area contributed by atoms with Gasteiger partial charge in [0.15, 0.2) is 0 Å². The van der Waals surface area contributed by atoms with Crippen LogP contribution in [0.1, 0.15) is 40.5 Å². The number of hydrogen-bond donors (Lipinski definition) is 0. The van der Waals surface area contributed by atoms with Crippen molar-refractivity contribution in [2.75, 3.05) is 19.8 Å². The fourth-order valence-corrected chi connectivity index (χ4v) is 3.21. The molecule has 0 unspecified atom stereocenters. The van der Waals surface area contributed by atoms with Crippen LogP contribution < -0.4 is 0 Å². The average molecular weight is 254 g/mol. The molecule has 92 valence electrons. The SMILES string of the molecule is CCOP(=S)(OCC)OCC(CC)CC. The Kier molecular flexibility index (Phi) is 8.96. The highest BCUT2D eigenvalue weighted by molar-refractivity contribution is 8.07. The van der Waals surface area contributed by atoms with E-state index in [1.54, 1.807) is 0 Å². The lowest BCUT2D eigenvalue weighted by atomic mass is 10.1. The Bertz CT molecular complexity index is 185. The summed E-state index contributed by atoms with van der Waals surface area (Å²) >= 11 is 5.26. The van der Waals surface area contributed by atoms with E-state index in [2.05, 4.69) is 13.8 Å². The Morgan fingerprint density at radius 2 is 1.40 bits per heavy atom. The molecular weight excluding hydrogens is 231 g/mol. The van der Waals surface area contributed by atoms with Crippen molar-refractivity contribution < 1.29 is 13.6 Å². The molecule has 0 aromatic rings. The highest BCUT2D eigenvalue weighted by Gasteiger charge is 2.20. The molecule has 3 nitrogen and oxygen atoms in total. The molecule has 0 bridgehead atoms. The maximum absolute atomic E-state index is 5.64. The van der Waals surface area contributed by atoms with Crippen molar-refractivity contribution >= 4 is 18.5 Å². The molecule has 0 aromatic heterocycles. The van der Waals surface area contributed by atoms with Crippen LogP contribution in [0.5, 0.6) is 0 Å². The van der Waals surface area contributed by atoms with Gasteiger partial charge in [-0.05, 0) is 31.6 Å². The van der Waals surface area contributed by atoms with Gasteiger partial charge in [0.2, 0.25) is 0 Å². The third-order valence-corrected chi connectivity index (χ3v) is 4.76. The Hall–Kier alpha value is 0.530. The summed E-state index contributed by atoms with van der Waals surface area (Å²) < 4.78 is 16.4. The molecule has 0 heterocycles. The summed E-state index contributed by atoms with van der Waals surface area (Å²) in [6.45, 7) is 7.38. The van der Waals surface area contributed by atoms with Gasteiger partial charge in [0.05, 0.1) is 19.8 Å². The molecule has 0 aliphatic carbocycles. The molecule has 0 aliphatic rings. The smallest absolute Gasteiger partial charge is 0.309 e. The summed E-state index contributed by atoms with van der Waals surface area (Å²) in [5.41, 5.74) is 0. The molecular formula is C10H23O3PS. The lowest BCUT2D eigenvalue weighted by Crippen LogP contribution is -2.09. The van der Waals surface area contributed by atoms with E-state index in [-0.39, 0.29) is 0 Å². The minimum absolute atomic E-state index is 0.542. The van der Waals surface area contributed by atoms with E-state index in [1.165, 1.54) is 0 Å². The highest BCUT2D eigenvalue weighted by atomic mass is 32.5. The van der Waals surface area contributed by atoms with E-state index in [1.807, 2.05) is 13.8 Å². The van der Waals surface area contributed by atoms with Crippen LogP contribution in [0, 0.1) is 5.92 Å². The molecule has 15 heavy (non-hydrogen) atoms. The zero-order valence-corrected chi connectivity index (χ0v) is 11.9. The van der Waals surface area contributed by atoms with Gasteiger partial charge in [-0.15, -0.1) is 0 Å². The molecule has 5 heteroatoms. The van der Waals surface area contributed by atoms with Gasteiger partial charge in [-0.2, -0.15) is 0 Å². The largest absolute Gasteiger partial charge is 0.327 e. The molecule has 0 amide bonds. The van der Waals surface area contributed by atoms with Crippen LogP contribution in [0.2, 0.25) is 0 Å². The summed E-state index contributed by atoms with van der Waals surface area (Å²) in [7, 11) is 0. The van der Waals surface area contributed by atoms with Gasteiger partial charge in [-0.25, -0.2) is 0 Å². The van der Waals surface area contributed by atoms with E-state index < -0.39 is 6.72 Å². The molecule has 0 radical (unpaired) electrons. The maximum atomic E-state index is 5.64. The van der Waals surface area contributed by atoms with Crippen molar-refractivity contribution in [1.82, 2.24) is 0 Å². The van der Waals surface area contributed by atoms with Crippen LogP contribution >= 0.6 is 6.72 Å². The third-order valence-electron chi connectivity index (χ3n) is 2.20. The van der Waals surface area contributed by atoms with E-state index in [9.17, 15) is 0 Å². The van der Waals surface area contributed by atoms with Crippen molar-refractivity contribution in [2.24, 2.45) is 5.92 Å². The Balaban J connectivity index is 4.10. The third kappa shape index (κ3) is 6.64. The first-order valence-corrected chi connectivity index (χ1v) is 8.21. The standard InChI is InChI=1S/C10H23O3PS/c1-5-10(6-2)9-13-14(15,11-7-3)12-8-4/h10H,5-9H2,1-4H3. The van der Waals surface area contributed by atoms with E-state index >= 15 is 0 Å². The Morgan fingerprint density at radius 1 is 0.933 bits per heavy atom. The molecule has 0 saturated carbocycles. The summed E-state index contributed by atoms with van der Waals surface area (Å²) in [4.78, 5) is 0. The molecule has 0 spiro atoms. The van der Waals surface area contributed by atoms with Crippen molar-refractivity contribution in [3.63, 3.8) is 0 Å². The quantitative estimate of drug-likeness (QED) is 0.586. The molecule has 0 aliphatic heterocycles. The van der Waals surface area contributed by atoms with E-state index in [0.717, 1.165) is 12.8 Å². The molecule has 0 aromatic carbocycles. The van der Waals surface area contributed by atoms with Crippen molar-refractivity contribution in [3.8, 4) is 0 Å². The molecule has 0 fully saturated rings. The minimum Gasteiger partial charge on any atom is -0.309 e. The maximum Gasteiger partial charge on any atom is 0.327 e. The molecule has 0 N–H and O–H groups in total. The van der Waals surface area contributed by atoms with Gasteiger partial charge in [0.1, 0.15) is 0 Å². The van der Waals surface area contributed by atoms with Crippen LogP contribution in [0.4, 0.5) is 0 Å². The first kappa shape index (κ1) is 15.5. The summed E-state index contributed by atoms with van der Waals surface area (Å²) in [6, 6.07) is 0. The normalized spacial score (nSPS) is 12.3. The lowest BCUT2D eigenvalue weighted by Gasteiger charge is -2.22. The van der Waals surface area contributed by atoms with Crippen molar-refractivity contribution in [2.45, 2.75) is 40.5 Å². The second-order valence-corrected chi connectivity index (χ2v) is 6.27. The van der Waals surface area contributed by atoms with Gasteiger partial charge in [0.25, 0.3) is 0 Å². The van der Waals surface area contributed by atoms with Crippen LogP contribution in [0.15, 0.2) is 0 Å². The van der Waals surface area contributed by atoms with Crippen LogP contribution in [0.25, 0.3) is 0 Å². The average Bonchev–Trinajstić information content (AvgIpc) is 2.20. The van der Waals surface area contributed by atoms with Crippen LogP contribution in [0.3, 0.4) is 0 Å². The predicted octanol–water partition coefficient (Wildman–Crippen LogP) is 3.74. The first-order chi connectivity index (χ1) is 7.11. The van der Waals surface area contributed by atoms with Crippen molar-refractivity contribution in [3.05, 3.63) is 0 Å². The second-order valence-electron chi connectivity index (χ2n) is 3.26.